The van der Waals surface area contributed by atoms with Crippen molar-refractivity contribution in [3.05, 3.63) is 35.4 Å². The van der Waals surface area contributed by atoms with E-state index in [-0.39, 0.29) is 0 Å². The fourth-order valence-electron chi connectivity index (χ4n) is 1.23. The summed E-state index contributed by atoms with van der Waals surface area (Å²) in [6.45, 7) is 4.31. The summed E-state index contributed by atoms with van der Waals surface area (Å²) in [5.74, 6) is 0.542. The molecule has 0 aliphatic heterocycles. The Bertz CT molecular complexity index is 253. The van der Waals surface area contributed by atoms with Gasteiger partial charge in [0.1, 0.15) is 6.23 Å². The zero-order chi connectivity index (χ0) is 9.84. The Morgan fingerprint density at radius 2 is 1.54 bits per heavy atom. The Kier molecular flexibility index (Phi) is 3.46. The summed E-state index contributed by atoms with van der Waals surface area (Å²) >= 11 is 0. The molecule has 1 aromatic rings. The van der Waals surface area contributed by atoms with Gasteiger partial charge in [-0.05, 0) is 24.1 Å². The van der Waals surface area contributed by atoms with Gasteiger partial charge in [-0.15, -0.1) is 0 Å². The second-order valence-corrected chi connectivity index (χ2v) is 3.51. The predicted octanol–water partition coefficient (Wildman–Crippen LogP) is 2.02. The number of benzene rings is 1. The van der Waals surface area contributed by atoms with Crippen LogP contribution in [-0.4, -0.2) is 12.2 Å². The van der Waals surface area contributed by atoms with Gasteiger partial charge in [-0.1, -0.05) is 38.1 Å². The fourth-order valence-corrected chi connectivity index (χ4v) is 1.23. The number of nitrogens with one attached hydrogen (secondary N) is 1. The lowest BCUT2D eigenvalue weighted by atomic mass is 10.0. The lowest BCUT2D eigenvalue weighted by Crippen LogP contribution is -2.14. The number of aliphatic hydroxyl groups excluding tert-OH is 1. The van der Waals surface area contributed by atoms with E-state index in [1.807, 2.05) is 12.1 Å². The van der Waals surface area contributed by atoms with Crippen LogP contribution in [0.25, 0.3) is 0 Å². The molecule has 0 spiro atoms. The molecule has 1 atom stereocenters. The minimum atomic E-state index is -0.554. The summed E-state index contributed by atoms with van der Waals surface area (Å²) in [5.41, 5.74) is 2.21. The van der Waals surface area contributed by atoms with Gasteiger partial charge in [0.25, 0.3) is 0 Å². The molecule has 13 heavy (non-hydrogen) atoms. The maximum Gasteiger partial charge on any atom is 0.130 e. The first-order chi connectivity index (χ1) is 6.15. The molecule has 72 valence electrons. The summed E-state index contributed by atoms with van der Waals surface area (Å²) in [5, 5.41) is 12.2. The van der Waals surface area contributed by atoms with Crippen molar-refractivity contribution in [3.8, 4) is 0 Å². The molecule has 0 saturated heterocycles. The van der Waals surface area contributed by atoms with Crippen molar-refractivity contribution in [1.82, 2.24) is 5.32 Å². The molecule has 2 N–H and O–H groups in total. The highest BCUT2D eigenvalue weighted by Gasteiger charge is 2.04. The van der Waals surface area contributed by atoms with Crippen molar-refractivity contribution in [3.63, 3.8) is 0 Å². The SMILES string of the molecule is CNC(O)c1ccc(C(C)C)cc1. The van der Waals surface area contributed by atoms with E-state index in [1.54, 1.807) is 7.05 Å². The second-order valence-electron chi connectivity index (χ2n) is 3.51. The van der Waals surface area contributed by atoms with Gasteiger partial charge in [-0.3, -0.25) is 5.32 Å². The van der Waals surface area contributed by atoms with Crippen LogP contribution in [0, 0.1) is 0 Å². The van der Waals surface area contributed by atoms with Crippen LogP contribution in [0.4, 0.5) is 0 Å². The summed E-state index contributed by atoms with van der Waals surface area (Å²) < 4.78 is 0. The van der Waals surface area contributed by atoms with Crippen molar-refractivity contribution in [2.45, 2.75) is 26.0 Å². The van der Waals surface area contributed by atoms with Crippen LogP contribution < -0.4 is 5.32 Å². The van der Waals surface area contributed by atoms with Crippen molar-refractivity contribution in [1.29, 1.82) is 0 Å². The van der Waals surface area contributed by atoms with Crippen LogP contribution in [0.15, 0.2) is 24.3 Å². The third kappa shape index (κ3) is 2.54. The van der Waals surface area contributed by atoms with Gasteiger partial charge in [0.15, 0.2) is 0 Å². The Hall–Kier alpha value is -0.860. The molecule has 0 saturated carbocycles. The Morgan fingerprint density at radius 3 is 1.92 bits per heavy atom. The van der Waals surface area contributed by atoms with E-state index in [4.69, 9.17) is 0 Å². The molecular formula is C11H17NO. The molecule has 1 aromatic carbocycles. The van der Waals surface area contributed by atoms with Crippen molar-refractivity contribution in [2.75, 3.05) is 7.05 Å². The summed E-state index contributed by atoms with van der Waals surface area (Å²) in [7, 11) is 1.74. The lowest BCUT2D eigenvalue weighted by molar-refractivity contribution is 0.149. The summed E-state index contributed by atoms with van der Waals surface area (Å²) in [6.07, 6.45) is -0.554. The molecule has 0 bridgehead atoms. The minimum absolute atomic E-state index is 0.542. The third-order valence-corrected chi connectivity index (χ3v) is 2.19. The predicted molar refractivity (Wildman–Crippen MR) is 54.6 cm³/mol. The fraction of sp³-hybridized carbons (Fsp3) is 0.455. The molecule has 0 heterocycles. The standard InChI is InChI=1S/C11H17NO/c1-8(2)9-4-6-10(7-5-9)11(13)12-3/h4-8,11-13H,1-3H3. The second kappa shape index (κ2) is 4.40. The zero-order valence-electron chi connectivity index (χ0n) is 8.41. The highest BCUT2D eigenvalue weighted by molar-refractivity contribution is 5.25. The molecule has 0 radical (unpaired) electrons. The Balaban J connectivity index is 2.81. The quantitative estimate of drug-likeness (QED) is 0.696. The number of hydrogen-bond donors (Lipinski definition) is 2. The Labute approximate surface area is 79.6 Å². The van der Waals surface area contributed by atoms with Gasteiger partial charge < -0.3 is 5.11 Å². The number of rotatable bonds is 3. The largest absolute Gasteiger partial charge is 0.374 e. The zero-order valence-corrected chi connectivity index (χ0v) is 8.41. The molecule has 0 aliphatic rings. The molecule has 0 aromatic heterocycles. The first kappa shape index (κ1) is 10.2. The summed E-state index contributed by atoms with van der Waals surface area (Å²) in [6, 6.07) is 8.02. The molecular weight excluding hydrogens is 162 g/mol. The van der Waals surface area contributed by atoms with Crippen LogP contribution in [0.5, 0.6) is 0 Å². The molecule has 2 heteroatoms. The highest BCUT2D eigenvalue weighted by Crippen LogP contribution is 2.17. The molecule has 0 aliphatic carbocycles. The van der Waals surface area contributed by atoms with Gasteiger partial charge >= 0.3 is 0 Å². The maximum atomic E-state index is 9.45. The topological polar surface area (TPSA) is 32.3 Å². The lowest BCUT2D eigenvalue weighted by Gasteiger charge is -2.11. The van der Waals surface area contributed by atoms with Gasteiger partial charge in [0.05, 0.1) is 0 Å². The van der Waals surface area contributed by atoms with Crippen LogP contribution in [0.2, 0.25) is 0 Å². The molecule has 0 fully saturated rings. The maximum absolute atomic E-state index is 9.45. The highest BCUT2D eigenvalue weighted by atomic mass is 16.3. The minimum Gasteiger partial charge on any atom is -0.374 e. The third-order valence-electron chi connectivity index (χ3n) is 2.19. The van der Waals surface area contributed by atoms with Crippen LogP contribution >= 0.6 is 0 Å². The van der Waals surface area contributed by atoms with Crippen molar-refractivity contribution in [2.24, 2.45) is 0 Å². The number of aliphatic hydroxyl groups is 1. The van der Waals surface area contributed by atoms with E-state index in [0.717, 1.165) is 5.56 Å². The van der Waals surface area contributed by atoms with Crippen molar-refractivity contribution >= 4 is 0 Å². The average Bonchev–Trinajstić information content (AvgIpc) is 2.17. The number of hydrogen-bond acceptors (Lipinski definition) is 2. The monoisotopic (exact) mass is 179 g/mol. The average molecular weight is 179 g/mol. The van der Waals surface area contributed by atoms with E-state index in [1.165, 1.54) is 5.56 Å². The van der Waals surface area contributed by atoms with Crippen molar-refractivity contribution < 1.29 is 5.11 Å². The molecule has 1 rings (SSSR count). The Morgan fingerprint density at radius 1 is 1.08 bits per heavy atom. The summed E-state index contributed by atoms with van der Waals surface area (Å²) in [4.78, 5) is 0. The van der Waals surface area contributed by atoms with Gasteiger partial charge in [-0.25, -0.2) is 0 Å². The first-order valence-electron chi connectivity index (χ1n) is 4.60. The van der Waals surface area contributed by atoms with Gasteiger partial charge in [0, 0.05) is 0 Å². The van der Waals surface area contributed by atoms with E-state index < -0.39 is 6.23 Å². The molecule has 0 amide bonds. The van der Waals surface area contributed by atoms with E-state index in [2.05, 4.69) is 31.3 Å². The van der Waals surface area contributed by atoms with E-state index in [0.29, 0.717) is 5.92 Å². The first-order valence-corrected chi connectivity index (χ1v) is 4.60. The van der Waals surface area contributed by atoms with E-state index in [9.17, 15) is 5.11 Å². The van der Waals surface area contributed by atoms with Crippen LogP contribution in [-0.2, 0) is 0 Å². The van der Waals surface area contributed by atoms with Gasteiger partial charge in [0.2, 0.25) is 0 Å². The van der Waals surface area contributed by atoms with Gasteiger partial charge in [-0.2, -0.15) is 0 Å². The van der Waals surface area contributed by atoms with Crippen LogP contribution in [0.1, 0.15) is 37.1 Å². The smallest absolute Gasteiger partial charge is 0.130 e. The molecule has 2 nitrogen and oxygen atoms in total. The van der Waals surface area contributed by atoms with E-state index >= 15 is 0 Å². The molecule has 1 unspecified atom stereocenters. The van der Waals surface area contributed by atoms with Crippen LogP contribution in [0.3, 0.4) is 0 Å². The normalized spacial score (nSPS) is 13.3.